The number of carbonyl (C=O) groups excluding carboxylic acids is 1. The van der Waals surface area contributed by atoms with Crippen molar-refractivity contribution in [2.75, 3.05) is 0 Å². The molecule has 0 fully saturated rings. The first-order chi connectivity index (χ1) is 6.31. The van der Waals surface area contributed by atoms with Gasteiger partial charge in [0.25, 0.3) is 0 Å². The van der Waals surface area contributed by atoms with Gasteiger partial charge in [-0.3, -0.25) is 4.68 Å². The standard InChI is InChI=1S/C10H16N2O/c1-3-10(4-2)12-7-5-9(11-12)6-8-13/h5,7-8,10H,3-4,6H2,1-2H3. The Balaban J connectivity index is 2.71. The van der Waals surface area contributed by atoms with Gasteiger partial charge in [-0.15, -0.1) is 0 Å². The summed E-state index contributed by atoms with van der Waals surface area (Å²) in [7, 11) is 0. The second kappa shape index (κ2) is 4.80. The lowest BCUT2D eigenvalue weighted by molar-refractivity contribution is -0.107. The molecule has 3 nitrogen and oxygen atoms in total. The van der Waals surface area contributed by atoms with Gasteiger partial charge in [-0.2, -0.15) is 5.10 Å². The monoisotopic (exact) mass is 180 g/mol. The molecule has 0 bridgehead atoms. The molecule has 0 saturated carbocycles. The number of aldehydes is 1. The van der Waals surface area contributed by atoms with Crippen LogP contribution >= 0.6 is 0 Å². The summed E-state index contributed by atoms with van der Waals surface area (Å²) in [5, 5.41) is 4.33. The topological polar surface area (TPSA) is 34.9 Å². The minimum absolute atomic E-state index is 0.424. The molecular weight excluding hydrogens is 164 g/mol. The molecule has 0 aliphatic rings. The number of carbonyl (C=O) groups is 1. The largest absolute Gasteiger partial charge is 0.303 e. The third-order valence-corrected chi connectivity index (χ3v) is 2.27. The lowest BCUT2D eigenvalue weighted by Gasteiger charge is -2.12. The first kappa shape index (κ1) is 9.96. The van der Waals surface area contributed by atoms with Crippen LogP contribution in [0, 0.1) is 0 Å². The van der Waals surface area contributed by atoms with E-state index < -0.39 is 0 Å². The predicted molar refractivity (Wildman–Crippen MR) is 51.6 cm³/mol. The Morgan fingerprint density at radius 1 is 1.54 bits per heavy atom. The third kappa shape index (κ3) is 2.41. The Kier molecular flexibility index (Phi) is 3.68. The molecule has 13 heavy (non-hydrogen) atoms. The van der Waals surface area contributed by atoms with Crippen LogP contribution in [0.15, 0.2) is 12.3 Å². The summed E-state index contributed by atoms with van der Waals surface area (Å²) in [6.07, 6.45) is 5.43. The Hall–Kier alpha value is -1.12. The third-order valence-electron chi connectivity index (χ3n) is 2.27. The van der Waals surface area contributed by atoms with Crippen molar-refractivity contribution in [3.05, 3.63) is 18.0 Å². The molecule has 1 aromatic rings. The van der Waals surface area contributed by atoms with Crippen LogP contribution in [0.5, 0.6) is 0 Å². The molecule has 0 aromatic carbocycles. The molecule has 0 aliphatic carbocycles. The number of hydrogen-bond donors (Lipinski definition) is 0. The predicted octanol–water partition coefficient (Wildman–Crippen LogP) is 1.99. The van der Waals surface area contributed by atoms with Crippen LogP contribution in [0.4, 0.5) is 0 Å². The Labute approximate surface area is 78.8 Å². The molecule has 0 spiro atoms. The first-order valence-electron chi connectivity index (χ1n) is 4.79. The lowest BCUT2D eigenvalue weighted by Crippen LogP contribution is -2.07. The zero-order valence-electron chi connectivity index (χ0n) is 8.23. The fourth-order valence-corrected chi connectivity index (χ4v) is 1.44. The molecule has 0 N–H and O–H groups in total. The maximum Gasteiger partial charge on any atom is 0.126 e. The van der Waals surface area contributed by atoms with Crippen molar-refractivity contribution in [2.45, 2.75) is 39.2 Å². The Morgan fingerprint density at radius 3 is 2.77 bits per heavy atom. The van der Waals surface area contributed by atoms with E-state index in [1.54, 1.807) is 0 Å². The maximum absolute atomic E-state index is 10.2. The van der Waals surface area contributed by atoms with Crippen molar-refractivity contribution in [3.63, 3.8) is 0 Å². The van der Waals surface area contributed by atoms with E-state index in [-0.39, 0.29) is 0 Å². The van der Waals surface area contributed by atoms with Crippen molar-refractivity contribution in [1.29, 1.82) is 0 Å². The molecule has 1 aromatic heterocycles. The van der Waals surface area contributed by atoms with Gasteiger partial charge in [-0.05, 0) is 18.9 Å². The molecule has 1 heterocycles. The van der Waals surface area contributed by atoms with E-state index in [9.17, 15) is 4.79 Å². The van der Waals surface area contributed by atoms with Crippen LogP contribution in [0.25, 0.3) is 0 Å². The van der Waals surface area contributed by atoms with Crippen LogP contribution in [-0.4, -0.2) is 16.1 Å². The Morgan fingerprint density at radius 2 is 2.23 bits per heavy atom. The van der Waals surface area contributed by atoms with Crippen LogP contribution in [0.2, 0.25) is 0 Å². The highest BCUT2D eigenvalue weighted by Gasteiger charge is 2.06. The SMILES string of the molecule is CCC(CC)n1ccc(CC=O)n1. The summed E-state index contributed by atoms with van der Waals surface area (Å²) in [6.45, 7) is 4.30. The summed E-state index contributed by atoms with van der Waals surface area (Å²) >= 11 is 0. The second-order valence-corrected chi connectivity index (χ2v) is 3.13. The maximum atomic E-state index is 10.2. The molecule has 72 valence electrons. The number of hydrogen-bond acceptors (Lipinski definition) is 2. The fourth-order valence-electron chi connectivity index (χ4n) is 1.44. The van der Waals surface area contributed by atoms with Gasteiger partial charge in [0.05, 0.1) is 11.7 Å². The number of aromatic nitrogens is 2. The summed E-state index contributed by atoms with van der Waals surface area (Å²) in [6, 6.07) is 2.38. The summed E-state index contributed by atoms with van der Waals surface area (Å²) < 4.78 is 1.96. The smallest absolute Gasteiger partial charge is 0.126 e. The average Bonchev–Trinajstić information content (AvgIpc) is 2.56. The van der Waals surface area contributed by atoms with Crippen molar-refractivity contribution < 1.29 is 4.79 Å². The van der Waals surface area contributed by atoms with E-state index in [0.717, 1.165) is 24.8 Å². The average molecular weight is 180 g/mol. The van der Waals surface area contributed by atoms with Gasteiger partial charge in [-0.1, -0.05) is 13.8 Å². The van der Waals surface area contributed by atoms with E-state index in [1.807, 2.05) is 16.9 Å². The number of rotatable bonds is 5. The van der Waals surface area contributed by atoms with Gasteiger partial charge < -0.3 is 4.79 Å². The zero-order chi connectivity index (χ0) is 9.68. The van der Waals surface area contributed by atoms with Crippen molar-refractivity contribution >= 4 is 6.29 Å². The van der Waals surface area contributed by atoms with E-state index in [4.69, 9.17) is 0 Å². The quantitative estimate of drug-likeness (QED) is 0.649. The first-order valence-corrected chi connectivity index (χ1v) is 4.79. The van der Waals surface area contributed by atoms with E-state index in [2.05, 4.69) is 18.9 Å². The highest BCUT2D eigenvalue weighted by atomic mass is 16.1. The highest BCUT2D eigenvalue weighted by Crippen LogP contribution is 2.14. The van der Waals surface area contributed by atoms with Gasteiger partial charge in [0.2, 0.25) is 0 Å². The van der Waals surface area contributed by atoms with Crippen LogP contribution in [0.1, 0.15) is 38.4 Å². The van der Waals surface area contributed by atoms with Gasteiger partial charge in [-0.25, -0.2) is 0 Å². The van der Waals surface area contributed by atoms with Gasteiger partial charge >= 0.3 is 0 Å². The van der Waals surface area contributed by atoms with E-state index >= 15 is 0 Å². The minimum atomic E-state index is 0.424. The van der Waals surface area contributed by atoms with Gasteiger partial charge in [0.1, 0.15) is 6.29 Å². The molecule has 0 radical (unpaired) electrons. The van der Waals surface area contributed by atoms with E-state index in [1.165, 1.54) is 0 Å². The zero-order valence-corrected chi connectivity index (χ0v) is 8.23. The Bertz CT molecular complexity index is 264. The number of nitrogens with zero attached hydrogens (tertiary/aromatic N) is 2. The van der Waals surface area contributed by atoms with Crippen molar-refractivity contribution in [2.24, 2.45) is 0 Å². The fraction of sp³-hybridized carbons (Fsp3) is 0.600. The molecule has 0 amide bonds. The molecule has 0 unspecified atom stereocenters. The molecule has 0 atom stereocenters. The van der Waals surface area contributed by atoms with Crippen LogP contribution in [-0.2, 0) is 11.2 Å². The van der Waals surface area contributed by atoms with Crippen molar-refractivity contribution in [3.8, 4) is 0 Å². The highest BCUT2D eigenvalue weighted by molar-refractivity contribution is 5.53. The minimum Gasteiger partial charge on any atom is -0.303 e. The summed E-state index contributed by atoms with van der Waals surface area (Å²) in [5.74, 6) is 0. The van der Waals surface area contributed by atoms with Gasteiger partial charge in [0, 0.05) is 12.6 Å². The normalized spacial score (nSPS) is 10.7. The molecular formula is C10H16N2O. The van der Waals surface area contributed by atoms with Crippen LogP contribution in [0.3, 0.4) is 0 Å². The van der Waals surface area contributed by atoms with Gasteiger partial charge in [0.15, 0.2) is 0 Å². The summed E-state index contributed by atoms with van der Waals surface area (Å²) in [4.78, 5) is 10.2. The molecule has 1 rings (SSSR count). The van der Waals surface area contributed by atoms with Crippen molar-refractivity contribution in [1.82, 2.24) is 9.78 Å². The van der Waals surface area contributed by atoms with Crippen LogP contribution < -0.4 is 0 Å². The molecule has 0 saturated heterocycles. The second-order valence-electron chi connectivity index (χ2n) is 3.13. The molecule has 0 aliphatic heterocycles. The summed E-state index contributed by atoms with van der Waals surface area (Å²) in [5.41, 5.74) is 0.863. The lowest BCUT2D eigenvalue weighted by atomic mass is 10.2. The molecule has 3 heteroatoms. The van der Waals surface area contributed by atoms with E-state index in [0.29, 0.717) is 12.5 Å².